The maximum absolute atomic E-state index is 12.9. The third kappa shape index (κ3) is 3.75. The molecule has 1 aliphatic rings. The van der Waals surface area contributed by atoms with E-state index in [1.54, 1.807) is 12.4 Å². The molecule has 0 aliphatic heterocycles. The second-order valence-corrected chi connectivity index (χ2v) is 6.77. The molecule has 0 saturated heterocycles. The van der Waals surface area contributed by atoms with E-state index in [9.17, 15) is 19.8 Å². The number of carbonyl (C=O) groups excluding carboxylic acids is 1. The fourth-order valence-electron chi connectivity index (χ4n) is 3.47. The summed E-state index contributed by atoms with van der Waals surface area (Å²) in [5.41, 5.74) is 0.920. The van der Waals surface area contributed by atoms with E-state index in [2.05, 4.69) is 10.3 Å². The molecule has 6 heteroatoms. The second kappa shape index (κ2) is 7.66. The molecule has 0 spiro atoms. The minimum Gasteiger partial charge on any atom is -0.480 e. The van der Waals surface area contributed by atoms with Gasteiger partial charge >= 0.3 is 5.97 Å². The summed E-state index contributed by atoms with van der Waals surface area (Å²) in [6.45, 7) is 0. The van der Waals surface area contributed by atoms with Crippen molar-refractivity contribution in [3.05, 3.63) is 66.0 Å². The molecule has 0 radical (unpaired) electrons. The number of carbonyl (C=O) groups is 2. The zero-order chi connectivity index (χ0) is 18.6. The molecule has 0 bridgehead atoms. The van der Waals surface area contributed by atoms with Crippen LogP contribution in [0.5, 0.6) is 0 Å². The SMILES string of the molecule is O=C(O)C(CCc1ccncc1)NC(=O)C1(c2ccccc2)CC(O)C1. The number of benzene rings is 1. The summed E-state index contributed by atoms with van der Waals surface area (Å²) in [6, 6.07) is 11.9. The van der Waals surface area contributed by atoms with Crippen LogP contribution >= 0.6 is 0 Å². The fraction of sp³-hybridized carbons (Fsp3) is 0.350. The molecular weight excluding hydrogens is 332 g/mol. The number of amides is 1. The molecule has 1 heterocycles. The Balaban J connectivity index is 1.71. The molecule has 2 aromatic rings. The van der Waals surface area contributed by atoms with Crippen LogP contribution in [-0.4, -0.2) is 39.2 Å². The largest absolute Gasteiger partial charge is 0.480 e. The number of rotatable bonds is 7. The highest BCUT2D eigenvalue weighted by Crippen LogP contribution is 2.44. The summed E-state index contributed by atoms with van der Waals surface area (Å²) in [5, 5.41) is 22.0. The minimum absolute atomic E-state index is 0.290. The zero-order valence-corrected chi connectivity index (χ0v) is 14.3. The Hall–Kier alpha value is -2.73. The summed E-state index contributed by atoms with van der Waals surface area (Å²) in [6.07, 6.45) is 4.20. The number of aliphatic hydroxyl groups excluding tert-OH is 1. The van der Waals surface area contributed by atoms with Crippen molar-refractivity contribution in [1.29, 1.82) is 0 Å². The van der Waals surface area contributed by atoms with Gasteiger partial charge in [0.2, 0.25) is 5.91 Å². The number of aryl methyl sites for hydroxylation is 1. The summed E-state index contributed by atoms with van der Waals surface area (Å²) in [5.74, 6) is -1.40. The zero-order valence-electron chi connectivity index (χ0n) is 14.3. The average Bonchev–Trinajstić information content (AvgIpc) is 2.63. The molecule has 1 fully saturated rings. The third-order valence-corrected chi connectivity index (χ3v) is 5.00. The van der Waals surface area contributed by atoms with Crippen molar-refractivity contribution in [1.82, 2.24) is 10.3 Å². The van der Waals surface area contributed by atoms with Crippen LogP contribution < -0.4 is 5.32 Å². The van der Waals surface area contributed by atoms with Gasteiger partial charge in [-0.3, -0.25) is 9.78 Å². The second-order valence-electron chi connectivity index (χ2n) is 6.77. The van der Waals surface area contributed by atoms with Crippen LogP contribution in [-0.2, 0) is 21.4 Å². The van der Waals surface area contributed by atoms with E-state index in [1.807, 2.05) is 42.5 Å². The summed E-state index contributed by atoms with van der Waals surface area (Å²) < 4.78 is 0. The molecule has 1 saturated carbocycles. The van der Waals surface area contributed by atoms with E-state index in [4.69, 9.17) is 0 Å². The molecule has 1 aromatic heterocycles. The quantitative estimate of drug-likeness (QED) is 0.702. The van der Waals surface area contributed by atoms with E-state index in [-0.39, 0.29) is 5.91 Å². The van der Waals surface area contributed by atoms with Gasteiger partial charge in [0.1, 0.15) is 6.04 Å². The van der Waals surface area contributed by atoms with Gasteiger partial charge in [-0.25, -0.2) is 4.79 Å². The summed E-state index contributed by atoms with van der Waals surface area (Å²) >= 11 is 0. The maximum atomic E-state index is 12.9. The molecular formula is C20H22N2O4. The number of hydrogen-bond acceptors (Lipinski definition) is 4. The van der Waals surface area contributed by atoms with Crippen molar-refractivity contribution in [2.24, 2.45) is 0 Å². The first-order valence-electron chi connectivity index (χ1n) is 8.67. The van der Waals surface area contributed by atoms with Crippen molar-refractivity contribution in [3.8, 4) is 0 Å². The van der Waals surface area contributed by atoms with Crippen LogP contribution in [0.3, 0.4) is 0 Å². The smallest absolute Gasteiger partial charge is 0.326 e. The molecule has 136 valence electrons. The lowest BCUT2D eigenvalue weighted by Gasteiger charge is -2.44. The lowest BCUT2D eigenvalue weighted by Crippen LogP contribution is -2.58. The number of aliphatic carboxylic acids is 1. The number of carboxylic acid groups (broad SMARTS) is 1. The Kier molecular flexibility index (Phi) is 5.32. The molecule has 1 aliphatic carbocycles. The number of nitrogens with one attached hydrogen (secondary N) is 1. The van der Waals surface area contributed by atoms with Gasteiger partial charge in [-0.15, -0.1) is 0 Å². The topological polar surface area (TPSA) is 99.5 Å². The van der Waals surface area contributed by atoms with E-state index >= 15 is 0 Å². The first-order chi connectivity index (χ1) is 12.5. The number of nitrogens with zero attached hydrogens (tertiary/aromatic N) is 1. The Morgan fingerprint density at radius 2 is 1.81 bits per heavy atom. The van der Waals surface area contributed by atoms with Crippen LogP contribution in [0, 0.1) is 0 Å². The van der Waals surface area contributed by atoms with E-state index in [1.165, 1.54) is 0 Å². The Bertz CT molecular complexity index is 758. The average molecular weight is 354 g/mol. The van der Waals surface area contributed by atoms with Gasteiger partial charge in [-0.1, -0.05) is 30.3 Å². The normalized spacial score (nSPS) is 22.9. The van der Waals surface area contributed by atoms with Gasteiger partial charge in [0.25, 0.3) is 0 Å². The molecule has 1 amide bonds. The van der Waals surface area contributed by atoms with Gasteiger partial charge < -0.3 is 15.5 Å². The van der Waals surface area contributed by atoms with Gasteiger partial charge in [0.05, 0.1) is 11.5 Å². The van der Waals surface area contributed by atoms with E-state index < -0.39 is 23.5 Å². The van der Waals surface area contributed by atoms with Gasteiger partial charge in [-0.2, -0.15) is 0 Å². The van der Waals surface area contributed by atoms with Crippen LogP contribution in [0.1, 0.15) is 30.4 Å². The Labute approximate surface area is 151 Å². The van der Waals surface area contributed by atoms with Gasteiger partial charge in [0.15, 0.2) is 0 Å². The highest BCUT2D eigenvalue weighted by molar-refractivity contribution is 5.92. The summed E-state index contributed by atoms with van der Waals surface area (Å²) in [4.78, 5) is 28.5. The molecule has 6 nitrogen and oxygen atoms in total. The predicted octanol–water partition coefficient (Wildman–Crippen LogP) is 1.68. The number of aromatic nitrogens is 1. The molecule has 3 N–H and O–H groups in total. The van der Waals surface area contributed by atoms with Crippen molar-refractivity contribution < 1.29 is 19.8 Å². The van der Waals surface area contributed by atoms with Crippen molar-refractivity contribution in [2.45, 2.75) is 43.2 Å². The fourth-order valence-corrected chi connectivity index (χ4v) is 3.47. The third-order valence-electron chi connectivity index (χ3n) is 5.00. The Morgan fingerprint density at radius 3 is 2.38 bits per heavy atom. The number of hydrogen-bond donors (Lipinski definition) is 3. The molecule has 1 atom stereocenters. The Morgan fingerprint density at radius 1 is 1.15 bits per heavy atom. The van der Waals surface area contributed by atoms with Crippen LogP contribution in [0.2, 0.25) is 0 Å². The lowest BCUT2D eigenvalue weighted by atomic mass is 9.62. The summed E-state index contributed by atoms with van der Waals surface area (Å²) in [7, 11) is 0. The molecule has 1 aromatic carbocycles. The molecule has 26 heavy (non-hydrogen) atoms. The van der Waals surface area contributed by atoms with Crippen LogP contribution in [0.25, 0.3) is 0 Å². The first kappa shape index (κ1) is 18.1. The van der Waals surface area contributed by atoms with Crippen molar-refractivity contribution in [2.75, 3.05) is 0 Å². The number of aliphatic hydroxyl groups is 1. The molecule has 1 unspecified atom stereocenters. The van der Waals surface area contributed by atoms with Crippen LogP contribution in [0.4, 0.5) is 0 Å². The highest BCUT2D eigenvalue weighted by Gasteiger charge is 2.51. The minimum atomic E-state index is -1.06. The monoisotopic (exact) mass is 354 g/mol. The standard InChI is InChI=1S/C20H22N2O4/c23-16-12-20(13-16,15-4-2-1-3-5-15)19(26)22-17(18(24)25)7-6-14-8-10-21-11-9-14/h1-5,8-11,16-17,23H,6-7,12-13H2,(H,22,26)(H,24,25). The number of carboxylic acids is 1. The van der Waals surface area contributed by atoms with Crippen LogP contribution in [0.15, 0.2) is 54.9 Å². The van der Waals surface area contributed by atoms with Crippen molar-refractivity contribution in [3.63, 3.8) is 0 Å². The lowest BCUT2D eigenvalue weighted by molar-refractivity contribution is -0.145. The molecule has 3 rings (SSSR count). The maximum Gasteiger partial charge on any atom is 0.326 e. The van der Waals surface area contributed by atoms with E-state index in [0.717, 1.165) is 11.1 Å². The van der Waals surface area contributed by atoms with Crippen molar-refractivity contribution >= 4 is 11.9 Å². The van der Waals surface area contributed by atoms with E-state index in [0.29, 0.717) is 25.7 Å². The van der Waals surface area contributed by atoms with Gasteiger partial charge in [0, 0.05) is 12.4 Å². The number of pyridine rings is 1. The first-order valence-corrected chi connectivity index (χ1v) is 8.67. The predicted molar refractivity (Wildman–Crippen MR) is 95.5 cm³/mol. The highest BCUT2D eigenvalue weighted by atomic mass is 16.4. The van der Waals surface area contributed by atoms with Gasteiger partial charge in [-0.05, 0) is 48.9 Å².